The minimum atomic E-state index is -4.31. The second kappa shape index (κ2) is 10.8. The maximum atomic E-state index is 13.9. The van der Waals surface area contributed by atoms with Crippen LogP contribution in [0.4, 0.5) is 5.69 Å². The lowest BCUT2D eigenvalue weighted by atomic mass is 10.1. The van der Waals surface area contributed by atoms with Gasteiger partial charge in [-0.1, -0.05) is 30.3 Å². The lowest BCUT2D eigenvalue weighted by Crippen LogP contribution is -2.54. The molecule has 10 heteroatoms. The molecule has 192 valence electrons. The first-order valence-electron chi connectivity index (χ1n) is 11.2. The van der Waals surface area contributed by atoms with Gasteiger partial charge in [-0.15, -0.1) is 0 Å². The van der Waals surface area contributed by atoms with Crippen LogP contribution in [0.15, 0.2) is 59.5 Å². The number of nitrogens with zero attached hydrogens (tertiary/aromatic N) is 2. The van der Waals surface area contributed by atoms with Gasteiger partial charge < -0.3 is 9.47 Å². The highest BCUT2D eigenvalue weighted by Gasteiger charge is 2.43. The first-order valence-corrected chi connectivity index (χ1v) is 12.7. The molecule has 2 aromatic rings. The summed E-state index contributed by atoms with van der Waals surface area (Å²) < 4.78 is 40.5. The van der Waals surface area contributed by atoms with Gasteiger partial charge in [0.1, 0.15) is 11.6 Å². The topological polar surface area (TPSA) is 116 Å². The van der Waals surface area contributed by atoms with Crippen molar-refractivity contribution < 1.29 is 27.6 Å². The lowest BCUT2D eigenvalue weighted by Gasteiger charge is -2.37. The fraction of sp³-hybridized carbons (Fsp3) is 0.480. The predicted molar refractivity (Wildman–Crippen MR) is 132 cm³/mol. The van der Waals surface area contributed by atoms with E-state index in [1.54, 1.807) is 58.0 Å². The number of hydrogen-bond donors (Lipinski definition) is 0. The molecule has 9 nitrogen and oxygen atoms in total. The number of nitro groups is 1. The van der Waals surface area contributed by atoms with Crippen molar-refractivity contribution in [3.8, 4) is 0 Å². The van der Waals surface area contributed by atoms with Gasteiger partial charge in [0.25, 0.3) is 5.69 Å². The van der Waals surface area contributed by atoms with Crippen molar-refractivity contribution in [1.29, 1.82) is 0 Å². The Balaban J connectivity index is 2.66. The Hall–Kier alpha value is -2.82. The SMILES string of the molecule is C[C@@H](OC(C)(C)C)[C@@H](C(=O)OC(C)(C)C)N(Cc1ccccc1)S(=O)(=O)c1ccc([N+](=O)[O-])cc1. The molecule has 0 fully saturated rings. The monoisotopic (exact) mass is 506 g/mol. The molecule has 0 bridgehead atoms. The van der Waals surface area contributed by atoms with Crippen molar-refractivity contribution in [3.05, 3.63) is 70.3 Å². The number of non-ortho nitro benzene ring substituents is 1. The second-order valence-electron chi connectivity index (χ2n) is 10.2. The van der Waals surface area contributed by atoms with Gasteiger partial charge in [0.2, 0.25) is 10.0 Å². The minimum Gasteiger partial charge on any atom is -0.459 e. The van der Waals surface area contributed by atoms with E-state index >= 15 is 0 Å². The van der Waals surface area contributed by atoms with Gasteiger partial charge in [-0.25, -0.2) is 8.42 Å². The van der Waals surface area contributed by atoms with Gasteiger partial charge in [0.05, 0.1) is 21.5 Å². The smallest absolute Gasteiger partial charge is 0.327 e. The molecule has 0 saturated carbocycles. The van der Waals surface area contributed by atoms with E-state index in [4.69, 9.17) is 9.47 Å². The van der Waals surface area contributed by atoms with Crippen molar-refractivity contribution in [3.63, 3.8) is 0 Å². The zero-order chi connectivity index (χ0) is 26.6. The summed E-state index contributed by atoms with van der Waals surface area (Å²) in [5.74, 6) is -0.754. The molecule has 0 radical (unpaired) electrons. The highest BCUT2D eigenvalue weighted by molar-refractivity contribution is 7.89. The number of carbonyl (C=O) groups is 1. The zero-order valence-electron chi connectivity index (χ0n) is 21.2. The van der Waals surface area contributed by atoms with Gasteiger partial charge in [-0.05, 0) is 66.2 Å². The first-order chi connectivity index (χ1) is 16.0. The number of carbonyl (C=O) groups excluding carboxylic acids is 1. The van der Waals surface area contributed by atoms with Crippen molar-refractivity contribution in [2.24, 2.45) is 0 Å². The lowest BCUT2D eigenvalue weighted by molar-refractivity contribution is -0.384. The molecule has 0 aliphatic carbocycles. The number of rotatable bonds is 9. The van der Waals surface area contributed by atoms with Crippen LogP contribution in [-0.2, 0) is 30.8 Å². The van der Waals surface area contributed by atoms with Crippen LogP contribution in [0.1, 0.15) is 54.0 Å². The fourth-order valence-corrected chi connectivity index (χ4v) is 5.13. The van der Waals surface area contributed by atoms with Gasteiger partial charge >= 0.3 is 5.97 Å². The summed E-state index contributed by atoms with van der Waals surface area (Å²) in [5.41, 5.74) is -1.14. The molecule has 0 aliphatic rings. The molecule has 35 heavy (non-hydrogen) atoms. The highest BCUT2D eigenvalue weighted by atomic mass is 32.2. The number of hydrogen-bond acceptors (Lipinski definition) is 7. The van der Waals surface area contributed by atoms with Gasteiger partial charge in [-0.3, -0.25) is 14.9 Å². The number of nitro benzene ring substituents is 1. The summed E-state index contributed by atoms with van der Waals surface area (Å²) in [4.78, 5) is 23.7. The molecule has 0 N–H and O–H groups in total. The summed E-state index contributed by atoms with van der Waals surface area (Å²) in [5, 5.41) is 11.1. The summed E-state index contributed by atoms with van der Waals surface area (Å²) >= 11 is 0. The van der Waals surface area contributed by atoms with Gasteiger partial charge in [-0.2, -0.15) is 4.31 Å². The third-order valence-corrected chi connectivity index (χ3v) is 6.62. The summed E-state index contributed by atoms with van der Waals surface area (Å²) in [6.45, 7) is 12.0. The largest absolute Gasteiger partial charge is 0.459 e. The number of esters is 1. The molecular weight excluding hydrogens is 472 g/mol. The molecule has 0 heterocycles. The minimum absolute atomic E-state index is 0.137. The molecule has 0 aliphatic heterocycles. The van der Waals surface area contributed by atoms with Crippen LogP contribution in [-0.4, -0.2) is 47.0 Å². The fourth-order valence-electron chi connectivity index (χ4n) is 3.50. The Morgan fingerprint density at radius 2 is 1.51 bits per heavy atom. The molecule has 0 unspecified atom stereocenters. The van der Waals surface area contributed by atoms with Crippen LogP contribution in [0.25, 0.3) is 0 Å². The Kier molecular flexibility index (Phi) is 8.80. The summed E-state index contributed by atoms with van der Waals surface area (Å²) in [7, 11) is -4.31. The zero-order valence-corrected chi connectivity index (χ0v) is 22.0. The van der Waals surface area contributed by atoms with E-state index in [9.17, 15) is 23.3 Å². The quantitative estimate of drug-likeness (QED) is 0.275. The van der Waals surface area contributed by atoms with E-state index in [1.807, 2.05) is 20.8 Å². The number of benzene rings is 2. The molecule has 0 saturated heterocycles. The van der Waals surface area contributed by atoms with Crippen molar-refractivity contribution in [2.45, 2.75) is 83.3 Å². The van der Waals surface area contributed by atoms with E-state index in [0.717, 1.165) is 28.6 Å². The average Bonchev–Trinajstić information content (AvgIpc) is 2.71. The van der Waals surface area contributed by atoms with Crippen LogP contribution < -0.4 is 0 Å². The van der Waals surface area contributed by atoms with Crippen LogP contribution in [0.3, 0.4) is 0 Å². The second-order valence-corrected chi connectivity index (χ2v) is 12.1. The normalized spacial score (nSPS) is 14.4. The number of sulfonamides is 1. The Morgan fingerprint density at radius 1 is 0.971 bits per heavy atom. The van der Waals surface area contributed by atoms with E-state index in [2.05, 4.69) is 0 Å². The van der Waals surface area contributed by atoms with Crippen LogP contribution in [0.5, 0.6) is 0 Å². The van der Waals surface area contributed by atoms with Crippen LogP contribution >= 0.6 is 0 Å². The average molecular weight is 507 g/mol. The summed E-state index contributed by atoms with van der Waals surface area (Å²) in [6, 6.07) is 12.1. The standard InChI is InChI=1S/C25H34N2O7S/c1-18(33-24(2,3)4)22(23(28)34-25(5,6)7)26(17-19-11-9-8-10-12-19)35(31,32)21-15-13-20(14-16-21)27(29)30/h8-16,18,22H,17H2,1-7H3/t18-,22+/m1/s1. The molecular formula is C25H34N2O7S. The third-order valence-electron chi connectivity index (χ3n) is 4.78. The Labute approximate surface area is 207 Å². The molecule has 2 atom stereocenters. The van der Waals surface area contributed by atoms with E-state index in [1.165, 1.54) is 0 Å². The maximum absolute atomic E-state index is 13.9. The van der Waals surface area contributed by atoms with E-state index in [0.29, 0.717) is 5.56 Å². The highest BCUT2D eigenvalue weighted by Crippen LogP contribution is 2.28. The van der Waals surface area contributed by atoms with E-state index in [-0.39, 0.29) is 17.1 Å². The van der Waals surface area contributed by atoms with Crippen molar-refractivity contribution >= 4 is 21.7 Å². The number of ether oxygens (including phenoxy) is 2. The predicted octanol–water partition coefficient (Wildman–Crippen LogP) is 4.70. The molecule has 2 aromatic carbocycles. The van der Waals surface area contributed by atoms with Crippen molar-refractivity contribution in [2.75, 3.05) is 0 Å². The maximum Gasteiger partial charge on any atom is 0.327 e. The summed E-state index contributed by atoms with van der Waals surface area (Å²) in [6.07, 6.45) is -0.874. The van der Waals surface area contributed by atoms with Gasteiger partial charge in [0.15, 0.2) is 0 Å². The molecule has 0 spiro atoms. The first kappa shape index (κ1) is 28.4. The van der Waals surface area contributed by atoms with Crippen molar-refractivity contribution in [1.82, 2.24) is 4.31 Å². The molecule has 0 aromatic heterocycles. The van der Waals surface area contributed by atoms with E-state index < -0.39 is 44.3 Å². The third kappa shape index (κ3) is 8.12. The van der Waals surface area contributed by atoms with Crippen LogP contribution in [0.2, 0.25) is 0 Å². The van der Waals surface area contributed by atoms with Crippen LogP contribution in [0, 0.1) is 10.1 Å². The van der Waals surface area contributed by atoms with Gasteiger partial charge in [0, 0.05) is 18.7 Å². The molecule has 2 rings (SSSR count). The Bertz CT molecular complexity index is 1120. The molecule has 0 amide bonds. The Morgan fingerprint density at radius 3 is 1.97 bits per heavy atom.